The van der Waals surface area contributed by atoms with Crippen LogP contribution in [0, 0.1) is 0 Å². The van der Waals surface area contributed by atoms with Gasteiger partial charge in [0.2, 0.25) is 0 Å². The summed E-state index contributed by atoms with van der Waals surface area (Å²) < 4.78 is 0. The van der Waals surface area contributed by atoms with E-state index in [-0.39, 0.29) is 5.54 Å². The second-order valence-electron chi connectivity index (χ2n) is 4.95. The van der Waals surface area contributed by atoms with E-state index in [0.717, 1.165) is 18.8 Å². The van der Waals surface area contributed by atoms with Gasteiger partial charge >= 0.3 is 0 Å². The van der Waals surface area contributed by atoms with Crippen LogP contribution in [0.1, 0.15) is 20.8 Å². The molecule has 0 spiro atoms. The van der Waals surface area contributed by atoms with Gasteiger partial charge in [-0.1, -0.05) is 0 Å². The van der Waals surface area contributed by atoms with Crippen molar-refractivity contribution < 1.29 is 5.11 Å². The summed E-state index contributed by atoms with van der Waals surface area (Å²) in [6.45, 7) is 8.54. The Morgan fingerprint density at radius 3 is 2.73 bits per heavy atom. The third kappa shape index (κ3) is 1.87. The molecule has 0 atom stereocenters. The van der Waals surface area contributed by atoms with E-state index in [0.29, 0.717) is 5.75 Å². The molecule has 0 saturated carbocycles. The number of hydrogen-bond acceptors (Lipinski definition) is 3. The third-order valence-corrected chi connectivity index (χ3v) is 2.73. The fourth-order valence-corrected chi connectivity index (χ4v) is 2.02. The zero-order chi connectivity index (χ0) is 11.1. The van der Waals surface area contributed by atoms with E-state index in [1.165, 1.54) is 5.69 Å². The summed E-state index contributed by atoms with van der Waals surface area (Å²) in [5, 5.41) is 12.7. The molecule has 82 valence electrons. The molecule has 0 saturated heterocycles. The topological polar surface area (TPSA) is 35.5 Å². The summed E-state index contributed by atoms with van der Waals surface area (Å²) in [5.41, 5.74) is 2.32. The van der Waals surface area contributed by atoms with Crippen LogP contribution in [0.25, 0.3) is 0 Å². The zero-order valence-electron chi connectivity index (χ0n) is 9.54. The summed E-state index contributed by atoms with van der Waals surface area (Å²) in [7, 11) is 0. The molecule has 2 N–H and O–H groups in total. The van der Waals surface area contributed by atoms with Gasteiger partial charge < -0.3 is 15.3 Å². The molecule has 0 radical (unpaired) electrons. The highest BCUT2D eigenvalue weighted by Gasteiger charge is 2.26. The van der Waals surface area contributed by atoms with Gasteiger partial charge in [0.15, 0.2) is 0 Å². The first-order chi connectivity index (χ1) is 6.98. The molecule has 0 fully saturated rings. The SMILES string of the molecule is CC(C)(C)N1CCNc2cc(O)ccc21. The van der Waals surface area contributed by atoms with E-state index in [9.17, 15) is 5.11 Å². The summed E-state index contributed by atoms with van der Waals surface area (Å²) >= 11 is 0. The van der Waals surface area contributed by atoms with Crippen molar-refractivity contribution in [1.82, 2.24) is 0 Å². The molecule has 1 heterocycles. The van der Waals surface area contributed by atoms with Crippen LogP contribution in [0.3, 0.4) is 0 Å². The molecule has 3 nitrogen and oxygen atoms in total. The molecule has 15 heavy (non-hydrogen) atoms. The first kappa shape index (κ1) is 10.1. The number of rotatable bonds is 0. The number of aromatic hydroxyl groups is 1. The molecule has 0 aliphatic carbocycles. The van der Waals surface area contributed by atoms with E-state index in [4.69, 9.17) is 0 Å². The van der Waals surface area contributed by atoms with Crippen molar-refractivity contribution in [2.24, 2.45) is 0 Å². The molecule has 3 heteroatoms. The lowest BCUT2D eigenvalue weighted by Crippen LogP contribution is -2.46. The number of benzene rings is 1. The standard InChI is InChI=1S/C12H18N2O/c1-12(2,3)14-7-6-13-10-8-9(15)4-5-11(10)14/h4-5,8,13,15H,6-7H2,1-3H3. The average molecular weight is 206 g/mol. The van der Waals surface area contributed by atoms with E-state index in [1.807, 2.05) is 6.07 Å². The van der Waals surface area contributed by atoms with Gasteiger partial charge in [-0.15, -0.1) is 0 Å². The van der Waals surface area contributed by atoms with Crippen molar-refractivity contribution >= 4 is 11.4 Å². The number of hydrogen-bond donors (Lipinski definition) is 2. The van der Waals surface area contributed by atoms with Gasteiger partial charge in [-0.25, -0.2) is 0 Å². The normalized spacial score (nSPS) is 15.8. The van der Waals surface area contributed by atoms with Crippen LogP contribution in [0.4, 0.5) is 11.4 Å². The van der Waals surface area contributed by atoms with Crippen LogP contribution in [-0.2, 0) is 0 Å². The lowest BCUT2D eigenvalue weighted by Gasteiger charge is -2.41. The minimum Gasteiger partial charge on any atom is -0.508 e. The monoisotopic (exact) mass is 206 g/mol. The number of nitrogens with one attached hydrogen (secondary N) is 1. The van der Waals surface area contributed by atoms with Gasteiger partial charge in [-0.05, 0) is 32.9 Å². The number of fused-ring (bicyclic) bond motifs is 1. The van der Waals surface area contributed by atoms with Gasteiger partial charge in [0.1, 0.15) is 5.75 Å². The quantitative estimate of drug-likeness (QED) is 0.684. The van der Waals surface area contributed by atoms with Crippen molar-refractivity contribution in [1.29, 1.82) is 0 Å². The largest absolute Gasteiger partial charge is 0.508 e. The molecule has 2 rings (SSSR count). The third-order valence-electron chi connectivity index (χ3n) is 2.73. The van der Waals surface area contributed by atoms with Crippen LogP contribution in [0.2, 0.25) is 0 Å². The predicted octanol–water partition coefficient (Wildman–Crippen LogP) is 2.42. The molecule has 0 unspecified atom stereocenters. The maximum absolute atomic E-state index is 9.42. The zero-order valence-corrected chi connectivity index (χ0v) is 9.54. The molecule has 1 aliphatic heterocycles. The average Bonchev–Trinajstić information content (AvgIpc) is 2.15. The van der Waals surface area contributed by atoms with Crippen molar-refractivity contribution in [2.75, 3.05) is 23.3 Å². The van der Waals surface area contributed by atoms with Crippen LogP contribution in [0.5, 0.6) is 5.75 Å². The van der Waals surface area contributed by atoms with E-state index in [1.54, 1.807) is 12.1 Å². The van der Waals surface area contributed by atoms with Crippen LogP contribution in [0.15, 0.2) is 18.2 Å². The molecule has 1 aromatic rings. The van der Waals surface area contributed by atoms with Crippen molar-refractivity contribution in [3.63, 3.8) is 0 Å². The van der Waals surface area contributed by atoms with E-state index >= 15 is 0 Å². The Kier molecular flexibility index (Phi) is 2.25. The van der Waals surface area contributed by atoms with Crippen molar-refractivity contribution in [3.8, 4) is 5.75 Å². The molecule has 0 amide bonds. The highest BCUT2D eigenvalue weighted by molar-refractivity contribution is 5.74. The Morgan fingerprint density at radius 1 is 1.33 bits per heavy atom. The molecular weight excluding hydrogens is 188 g/mol. The Balaban J connectivity index is 2.43. The van der Waals surface area contributed by atoms with Gasteiger partial charge in [0.25, 0.3) is 0 Å². The molecule has 1 aromatic carbocycles. The second-order valence-corrected chi connectivity index (χ2v) is 4.95. The van der Waals surface area contributed by atoms with Crippen LogP contribution in [-0.4, -0.2) is 23.7 Å². The lowest BCUT2D eigenvalue weighted by atomic mass is 10.0. The summed E-state index contributed by atoms with van der Waals surface area (Å²) in [4.78, 5) is 2.36. The minimum atomic E-state index is 0.119. The Labute approximate surface area is 90.7 Å². The molecule has 1 aliphatic rings. The summed E-state index contributed by atoms with van der Waals surface area (Å²) in [6.07, 6.45) is 0. The van der Waals surface area contributed by atoms with E-state index in [2.05, 4.69) is 31.0 Å². The van der Waals surface area contributed by atoms with Crippen molar-refractivity contribution in [2.45, 2.75) is 26.3 Å². The number of anilines is 2. The minimum absolute atomic E-state index is 0.119. The van der Waals surface area contributed by atoms with Gasteiger partial charge in [-0.3, -0.25) is 0 Å². The first-order valence-electron chi connectivity index (χ1n) is 5.33. The smallest absolute Gasteiger partial charge is 0.117 e. The first-order valence-corrected chi connectivity index (χ1v) is 5.33. The lowest BCUT2D eigenvalue weighted by molar-refractivity contribution is 0.473. The van der Waals surface area contributed by atoms with Gasteiger partial charge in [-0.2, -0.15) is 0 Å². The van der Waals surface area contributed by atoms with Crippen LogP contribution >= 0.6 is 0 Å². The molecule has 0 bridgehead atoms. The molecule has 0 aromatic heterocycles. The number of nitrogens with zero attached hydrogens (tertiary/aromatic N) is 1. The van der Waals surface area contributed by atoms with E-state index < -0.39 is 0 Å². The maximum atomic E-state index is 9.42. The number of phenolic OH excluding ortho intramolecular Hbond substituents is 1. The Hall–Kier alpha value is -1.38. The number of phenols is 1. The van der Waals surface area contributed by atoms with Crippen LogP contribution < -0.4 is 10.2 Å². The summed E-state index contributed by atoms with van der Waals surface area (Å²) in [5.74, 6) is 0.317. The van der Waals surface area contributed by atoms with Gasteiger partial charge in [0.05, 0.1) is 11.4 Å². The van der Waals surface area contributed by atoms with Gasteiger partial charge in [0, 0.05) is 24.7 Å². The fourth-order valence-electron chi connectivity index (χ4n) is 2.02. The predicted molar refractivity (Wildman–Crippen MR) is 63.7 cm³/mol. The highest BCUT2D eigenvalue weighted by Crippen LogP contribution is 2.35. The fraction of sp³-hybridized carbons (Fsp3) is 0.500. The maximum Gasteiger partial charge on any atom is 0.117 e. The highest BCUT2D eigenvalue weighted by atomic mass is 16.3. The second kappa shape index (κ2) is 3.33. The Bertz CT molecular complexity index is 368. The Morgan fingerprint density at radius 2 is 2.07 bits per heavy atom. The van der Waals surface area contributed by atoms with Crippen molar-refractivity contribution in [3.05, 3.63) is 18.2 Å². The summed E-state index contributed by atoms with van der Waals surface area (Å²) in [6, 6.07) is 5.50. The molecular formula is C12H18N2O.